The number of benzene rings is 1. The molecule has 1 atom stereocenters. The molecule has 1 aromatic carbocycles. The Balaban J connectivity index is 1.74. The molecule has 2 N–H and O–H groups in total. The average molecular weight is 515 g/mol. The van der Waals surface area contributed by atoms with Crippen molar-refractivity contribution in [3.63, 3.8) is 0 Å². The smallest absolute Gasteiger partial charge is 0.401 e. The van der Waals surface area contributed by atoms with Gasteiger partial charge in [-0.3, -0.25) is 14.1 Å². The highest BCUT2D eigenvalue weighted by atomic mass is 19.4. The lowest BCUT2D eigenvalue weighted by atomic mass is 10.1. The average Bonchev–Trinajstić information content (AvgIpc) is 2.83. The summed E-state index contributed by atoms with van der Waals surface area (Å²) in [6.07, 6.45) is -2.74. The first-order valence-corrected chi connectivity index (χ1v) is 11.6. The molecule has 3 aromatic rings. The van der Waals surface area contributed by atoms with Gasteiger partial charge in [0.2, 0.25) is 0 Å². The Morgan fingerprint density at radius 1 is 1.24 bits per heavy atom. The molecular formula is C25H25F3N6O3. The third-order valence-corrected chi connectivity index (χ3v) is 6.25. The Kier molecular flexibility index (Phi) is 7.09. The van der Waals surface area contributed by atoms with Crippen LogP contribution < -0.4 is 15.8 Å². The number of pyridine rings is 1. The van der Waals surface area contributed by atoms with E-state index in [4.69, 9.17) is 0 Å². The number of piperazine rings is 1. The van der Waals surface area contributed by atoms with Crippen molar-refractivity contribution in [3.05, 3.63) is 69.1 Å². The number of alkyl halides is 3. The predicted molar refractivity (Wildman–Crippen MR) is 131 cm³/mol. The van der Waals surface area contributed by atoms with E-state index in [0.717, 1.165) is 5.56 Å². The molecule has 1 aliphatic heterocycles. The van der Waals surface area contributed by atoms with Gasteiger partial charge in [-0.15, -0.1) is 0 Å². The van der Waals surface area contributed by atoms with E-state index in [1.165, 1.54) is 15.4 Å². The first kappa shape index (κ1) is 26.0. The van der Waals surface area contributed by atoms with Gasteiger partial charge in [0.1, 0.15) is 11.7 Å². The van der Waals surface area contributed by atoms with Crippen LogP contribution in [0.25, 0.3) is 5.65 Å². The zero-order chi connectivity index (χ0) is 26.9. The molecule has 3 heterocycles. The fraction of sp³-hybridized carbons (Fsp3) is 0.360. The Bertz CT molecular complexity index is 1440. The van der Waals surface area contributed by atoms with Gasteiger partial charge in [0.05, 0.1) is 18.2 Å². The summed E-state index contributed by atoms with van der Waals surface area (Å²) in [4.78, 5) is 32.6. The minimum Gasteiger partial charge on any atom is -0.478 e. The Labute approximate surface area is 210 Å². The molecule has 37 heavy (non-hydrogen) atoms. The molecule has 9 nitrogen and oxygen atoms in total. The van der Waals surface area contributed by atoms with Crippen LogP contribution in [-0.4, -0.2) is 64.3 Å². The van der Waals surface area contributed by atoms with E-state index in [9.17, 15) is 33.1 Å². The predicted octanol–water partition coefficient (Wildman–Crippen LogP) is 3.43. The van der Waals surface area contributed by atoms with Crippen molar-refractivity contribution in [2.45, 2.75) is 26.1 Å². The van der Waals surface area contributed by atoms with Crippen LogP contribution in [0.5, 0.6) is 0 Å². The van der Waals surface area contributed by atoms with Crippen LogP contribution in [0.1, 0.15) is 40.0 Å². The molecule has 0 spiro atoms. The molecule has 0 bridgehead atoms. The maximum Gasteiger partial charge on any atom is 0.401 e. The van der Waals surface area contributed by atoms with Crippen LogP contribution in [-0.2, 0) is 0 Å². The van der Waals surface area contributed by atoms with Crippen molar-refractivity contribution in [1.29, 1.82) is 5.26 Å². The van der Waals surface area contributed by atoms with E-state index >= 15 is 0 Å². The number of para-hydroxylation sites is 1. The second kappa shape index (κ2) is 10.1. The Hall–Kier alpha value is -4.11. The van der Waals surface area contributed by atoms with Crippen molar-refractivity contribution < 1.29 is 23.1 Å². The van der Waals surface area contributed by atoms with Gasteiger partial charge in [-0.05, 0) is 37.6 Å². The van der Waals surface area contributed by atoms with Crippen molar-refractivity contribution in [2.24, 2.45) is 0 Å². The molecule has 1 fully saturated rings. The highest BCUT2D eigenvalue weighted by molar-refractivity contribution is 5.94. The van der Waals surface area contributed by atoms with Crippen LogP contribution in [0, 0.1) is 18.3 Å². The Morgan fingerprint density at radius 3 is 2.54 bits per heavy atom. The SMILES string of the molecule is Cc1cc([C@@H](C)Nc2ccccc2C(=O)O)c2nc(N3CCN(CC(F)(F)F)CC3)c(C#N)c(=O)n2c1. The summed E-state index contributed by atoms with van der Waals surface area (Å²) >= 11 is 0. The normalized spacial score (nSPS) is 15.4. The molecular weight excluding hydrogens is 489 g/mol. The summed E-state index contributed by atoms with van der Waals surface area (Å²) in [5.41, 5.74) is 1.30. The molecule has 2 aromatic heterocycles. The maximum atomic E-state index is 13.3. The van der Waals surface area contributed by atoms with Crippen LogP contribution in [0.4, 0.5) is 24.7 Å². The topological polar surface area (TPSA) is 114 Å². The van der Waals surface area contributed by atoms with Gasteiger partial charge in [-0.1, -0.05) is 12.1 Å². The minimum atomic E-state index is -4.31. The Morgan fingerprint density at radius 2 is 1.92 bits per heavy atom. The van der Waals surface area contributed by atoms with Gasteiger partial charge in [-0.25, -0.2) is 9.78 Å². The number of aryl methyl sites for hydroxylation is 1. The molecule has 12 heteroatoms. The molecule has 0 saturated carbocycles. The van der Waals surface area contributed by atoms with E-state index in [-0.39, 0.29) is 48.8 Å². The number of carboxylic acids is 1. The summed E-state index contributed by atoms with van der Waals surface area (Å²) in [6, 6.07) is 9.69. The number of carbonyl (C=O) groups is 1. The van der Waals surface area contributed by atoms with E-state index in [0.29, 0.717) is 11.3 Å². The lowest BCUT2D eigenvalue weighted by Crippen LogP contribution is -2.50. The van der Waals surface area contributed by atoms with Crippen molar-refractivity contribution in [3.8, 4) is 6.07 Å². The third-order valence-electron chi connectivity index (χ3n) is 6.25. The maximum absolute atomic E-state index is 13.3. The zero-order valence-corrected chi connectivity index (χ0v) is 20.2. The monoisotopic (exact) mass is 514 g/mol. The second-order valence-electron chi connectivity index (χ2n) is 8.99. The summed E-state index contributed by atoms with van der Waals surface area (Å²) < 4.78 is 39.7. The number of fused-ring (bicyclic) bond motifs is 1. The van der Waals surface area contributed by atoms with Crippen LogP contribution >= 0.6 is 0 Å². The van der Waals surface area contributed by atoms with E-state index in [1.54, 1.807) is 43.1 Å². The van der Waals surface area contributed by atoms with Crippen LogP contribution in [0.3, 0.4) is 0 Å². The number of nitriles is 1. The van der Waals surface area contributed by atoms with Gasteiger partial charge in [-0.2, -0.15) is 18.4 Å². The van der Waals surface area contributed by atoms with Crippen molar-refractivity contribution >= 4 is 23.1 Å². The van der Waals surface area contributed by atoms with Crippen LogP contribution in [0.2, 0.25) is 0 Å². The van der Waals surface area contributed by atoms with Gasteiger partial charge in [0.15, 0.2) is 11.4 Å². The zero-order valence-electron chi connectivity index (χ0n) is 20.2. The first-order chi connectivity index (χ1) is 17.5. The van der Waals surface area contributed by atoms with Gasteiger partial charge < -0.3 is 15.3 Å². The number of rotatable bonds is 6. The number of aromatic carboxylic acids is 1. The first-order valence-electron chi connectivity index (χ1n) is 11.6. The fourth-order valence-electron chi connectivity index (χ4n) is 4.52. The summed E-state index contributed by atoms with van der Waals surface area (Å²) in [7, 11) is 0. The molecule has 0 unspecified atom stereocenters. The van der Waals surface area contributed by atoms with E-state index in [1.807, 2.05) is 12.1 Å². The number of aromatic nitrogens is 2. The lowest BCUT2D eigenvalue weighted by molar-refractivity contribution is -0.146. The van der Waals surface area contributed by atoms with Crippen molar-refractivity contribution in [1.82, 2.24) is 14.3 Å². The van der Waals surface area contributed by atoms with Crippen LogP contribution in [0.15, 0.2) is 41.3 Å². The number of halogens is 3. The summed E-state index contributed by atoms with van der Waals surface area (Å²) in [6.45, 7) is 3.12. The van der Waals surface area contributed by atoms with E-state index in [2.05, 4.69) is 10.3 Å². The number of nitrogens with zero attached hydrogens (tertiary/aromatic N) is 5. The van der Waals surface area contributed by atoms with Gasteiger partial charge in [0, 0.05) is 43.6 Å². The summed E-state index contributed by atoms with van der Waals surface area (Å²) in [5.74, 6) is -0.966. The van der Waals surface area contributed by atoms with Crippen molar-refractivity contribution in [2.75, 3.05) is 42.9 Å². The number of hydrogen-bond acceptors (Lipinski definition) is 7. The molecule has 1 saturated heterocycles. The van der Waals surface area contributed by atoms with E-state index < -0.39 is 30.3 Å². The molecule has 194 valence electrons. The third kappa shape index (κ3) is 5.51. The number of carboxylic acid groups (broad SMARTS) is 1. The molecule has 0 aliphatic carbocycles. The number of hydrogen-bond donors (Lipinski definition) is 2. The molecule has 0 amide bonds. The summed E-state index contributed by atoms with van der Waals surface area (Å²) in [5, 5.41) is 22.5. The molecule has 4 rings (SSSR count). The molecule has 1 aliphatic rings. The lowest BCUT2D eigenvalue weighted by Gasteiger charge is -2.36. The fourth-order valence-corrected chi connectivity index (χ4v) is 4.52. The van der Waals surface area contributed by atoms with Gasteiger partial charge >= 0.3 is 12.1 Å². The highest BCUT2D eigenvalue weighted by Crippen LogP contribution is 2.28. The molecule has 0 radical (unpaired) electrons. The highest BCUT2D eigenvalue weighted by Gasteiger charge is 2.33. The quantitative estimate of drug-likeness (QED) is 0.515. The minimum absolute atomic E-state index is 0.0839. The second-order valence-corrected chi connectivity index (χ2v) is 8.99. The number of nitrogens with one attached hydrogen (secondary N) is 1. The number of anilines is 2. The largest absolute Gasteiger partial charge is 0.478 e. The van der Waals surface area contributed by atoms with Gasteiger partial charge in [0.25, 0.3) is 5.56 Å². The standard InChI is InChI=1S/C25H25F3N6O3/c1-15-11-18(16(2)30-20-6-4-3-5-17(20)24(36)37)22-31-21(19(12-29)23(35)34(22)13-15)33-9-7-32(8-10-33)14-25(26,27)28/h3-6,11,13,16,30H,7-10,14H2,1-2H3,(H,36,37)/t16-/m1/s1.